The summed E-state index contributed by atoms with van der Waals surface area (Å²) in [6.07, 6.45) is 9.39. The summed E-state index contributed by atoms with van der Waals surface area (Å²) in [6, 6.07) is 0.153. The summed E-state index contributed by atoms with van der Waals surface area (Å²) < 4.78 is 0. The first kappa shape index (κ1) is 11.9. The van der Waals surface area contributed by atoms with Crippen LogP contribution in [0.15, 0.2) is 0 Å². The highest BCUT2D eigenvalue weighted by Crippen LogP contribution is 2.55. The second-order valence-corrected chi connectivity index (χ2v) is 5.66. The van der Waals surface area contributed by atoms with Gasteiger partial charge < -0.3 is 10.4 Å². The molecule has 0 aromatic heterocycles. The Morgan fingerprint density at radius 1 is 1.50 bits per heavy atom. The Morgan fingerprint density at radius 2 is 2.19 bits per heavy atom. The van der Waals surface area contributed by atoms with E-state index in [2.05, 4.69) is 12.2 Å². The van der Waals surface area contributed by atoms with Gasteiger partial charge in [0.05, 0.1) is 0 Å². The van der Waals surface area contributed by atoms with Gasteiger partial charge in [0, 0.05) is 6.04 Å². The third kappa shape index (κ3) is 2.40. The van der Waals surface area contributed by atoms with Gasteiger partial charge >= 0.3 is 5.97 Å². The van der Waals surface area contributed by atoms with Gasteiger partial charge in [0.15, 0.2) is 0 Å². The number of carboxylic acid groups (broad SMARTS) is 1. The molecule has 16 heavy (non-hydrogen) atoms. The van der Waals surface area contributed by atoms with Crippen LogP contribution in [0.25, 0.3) is 0 Å². The summed E-state index contributed by atoms with van der Waals surface area (Å²) in [5.74, 6) is -0.678. The van der Waals surface area contributed by atoms with Crippen LogP contribution in [-0.2, 0) is 4.79 Å². The van der Waals surface area contributed by atoms with Crippen LogP contribution >= 0.6 is 0 Å². The number of carbonyl (C=O) groups is 1. The molecule has 3 nitrogen and oxygen atoms in total. The molecular weight excluding hydrogens is 202 g/mol. The molecule has 1 spiro atoms. The number of rotatable bonds is 6. The normalized spacial score (nSPS) is 24.8. The van der Waals surface area contributed by atoms with Crippen molar-refractivity contribution in [2.75, 3.05) is 0 Å². The molecule has 0 radical (unpaired) electrons. The second-order valence-electron chi connectivity index (χ2n) is 5.66. The molecule has 3 heteroatoms. The monoisotopic (exact) mass is 225 g/mol. The molecule has 2 N–H and O–H groups in total. The number of carboxylic acids is 1. The smallest absolute Gasteiger partial charge is 0.320 e. The summed E-state index contributed by atoms with van der Waals surface area (Å²) in [6.45, 7) is 2.10. The minimum absolute atomic E-state index is 0.317. The van der Waals surface area contributed by atoms with E-state index < -0.39 is 5.97 Å². The van der Waals surface area contributed by atoms with Gasteiger partial charge in [-0.3, -0.25) is 4.79 Å². The van der Waals surface area contributed by atoms with Crippen molar-refractivity contribution in [3.63, 3.8) is 0 Å². The zero-order valence-corrected chi connectivity index (χ0v) is 10.2. The molecule has 2 fully saturated rings. The van der Waals surface area contributed by atoms with Crippen LogP contribution in [0.1, 0.15) is 58.3 Å². The Morgan fingerprint density at radius 3 is 2.62 bits per heavy atom. The van der Waals surface area contributed by atoms with E-state index >= 15 is 0 Å². The molecule has 0 aromatic rings. The highest BCUT2D eigenvalue weighted by Gasteiger charge is 2.48. The van der Waals surface area contributed by atoms with E-state index in [1.54, 1.807) is 0 Å². The van der Waals surface area contributed by atoms with E-state index in [9.17, 15) is 4.79 Å². The van der Waals surface area contributed by atoms with Crippen molar-refractivity contribution in [3.8, 4) is 0 Å². The molecule has 0 unspecified atom stereocenters. The van der Waals surface area contributed by atoms with Crippen LogP contribution in [0, 0.1) is 5.41 Å². The zero-order valence-electron chi connectivity index (χ0n) is 10.2. The minimum Gasteiger partial charge on any atom is -0.480 e. The maximum atomic E-state index is 11.1. The summed E-state index contributed by atoms with van der Waals surface area (Å²) in [7, 11) is 0. The summed E-state index contributed by atoms with van der Waals surface area (Å²) in [5.41, 5.74) is 0.630. The van der Waals surface area contributed by atoms with Crippen molar-refractivity contribution in [2.24, 2.45) is 5.41 Å². The van der Waals surface area contributed by atoms with Crippen LogP contribution in [0.2, 0.25) is 0 Å². The zero-order chi connectivity index (χ0) is 11.6. The highest BCUT2D eigenvalue weighted by molar-refractivity contribution is 5.73. The molecule has 2 aliphatic carbocycles. The Kier molecular flexibility index (Phi) is 3.53. The molecule has 0 heterocycles. The maximum absolute atomic E-state index is 11.1. The lowest BCUT2D eigenvalue weighted by molar-refractivity contribution is -0.140. The van der Waals surface area contributed by atoms with Gasteiger partial charge in [0.25, 0.3) is 0 Å². The molecule has 2 aliphatic rings. The second kappa shape index (κ2) is 4.74. The van der Waals surface area contributed by atoms with Gasteiger partial charge in [-0.25, -0.2) is 0 Å². The lowest BCUT2D eigenvalue weighted by Gasteiger charge is -2.55. The lowest BCUT2D eigenvalue weighted by Crippen LogP contribution is -2.56. The van der Waals surface area contributed by atoms with Crippen molar-refractivity contribution in [3.05, 3.63) is 0 Å². The minimum atomic E-state index is -0.678. The fourth-order valence-corrected chi connectivity index (χ4v) is 3.16. The third-order valence-electron chi connectivity index (χ3n) is 4.35. The van der Waals surface area contributed by atoms with E-state index in [4.69, 9.17) is 5.11 Å². The molecule has 0 bridgehead atoms. The van der Waals surface area contributed by atoms with E-state index in [-0.39, 0.29) is 6.04 Å². The van der Waals surface area contributed by atoms with Gasteiger partial charge in [-0.1, -0.05) is 26.2 Å². The van der Waals surface area contributed by atoms with Crippen LogP contribution in [-0.4, -0.2) is 23.2 Å². The van der Waals surface area contributed by atoms with Crippen molar-refractivity contribution in [1.82, 2.24) is 5.32 Å². The number of hydrogen-bond acceptors (Lipinski definition) is 2. The topological polar surface area (TPSA) is 49.3 Å². The fraction of sp³-hybridized carbons (Fsp3) is 0.923. The predicted octanol–water partition coefficient (Wildman–Crippen LogP) is 2.55. The highest BCUT2D eigenvalue weighted by atomic mass is 16.4. The summed E-state index contributed by atoms with van der Waals surface area (Å²) in [5, 5.41) is 12.4. The number of hydrogen-bond donors (Lipinski definition) is 2. The molecule has 2 rings (SSSR count). The van der Waals surface area contributed by atoms with Gasteiger partial charge in [0.1, 0.15) is 6.04 Å². The van der Waals surface area contributed by atoms with E-state index in [1.807, 2.05) is 0 Å². The first-order chi connectivity index (χ1) is 7.65. The number of nitrogens with one attached hydrogen (secondary N) is 1. The first-order valence-corrected chi connectivity index (χ1v) is 6.64. The lowest BCUT2D eigenvalue weighted by atomic mass is 9.54. The quantitative estimate of drug-likeness (QED) is 0.730. The van der Waals surface area contributed by atoms with Crippen molar-refractivity contribution < 1.29 is 9.90 Å². The van der Waals surface area contributed by atoms with Crippen molar-refractivity contribution in [1.29, 1.82) is 0 Å². The van der Waals surface area contributed by atoms with Gasteiger partial charge in [-0.05, 0) is 37.5 Å². The molecule has 0 saturated heterocycles. The molecular formula is C13H23NO2. The molecule has 0 aliphatic heterocycles. The van der Waals surface area contributed by atoms with Gasteiger partial charge in [-0.2, -0.15) is 0 Å². The third-order valence-corrected chi connectivity index (χ3v) is 4.35. The van der Waals surface area contributed by atoms with E-state index in [1.165, 1.54) is 32.1 Å². The van der Waals surface area contributed by atoms with E-state index in [0.717, 1.165) is 19.3 Å². The van der Waals surface area contributed by atoms with Crippen LogP contribution in [0.5, 0.6) is 0 Å². The summed E-state index contributed by atoms with van der Waals surface area (Å²) in [4.78, 5) is 11.1. The van der Waals surface area contributed by atoms with E-state index in [0.29, 0.717) is 11.5 Å². The SMILES string of the molecule is CCCC[C@H](NC1CC2(CCC2)C1)C(=O)O. The van der Waals surface area contributed by atoms with Crippen LogP contribution in [0.4, 0.5) is 0 Å². The molecule has 92 valence electrons. The fourth-order valence-electron chi connectivity index (χ4n) is 3.16. The first-order valence-electron chi connectivity index (χ1n) is 6.64. The standard InChI is InChI=1S/C13H23NO2/c1-2-3-5-11(12(15)16)14-10-8-13(9-10)6-4-7-13/h10-11,14H,2-9H2,1H3,(H,15,16)/t11-/m0/s1. The van der Waals surface area contributed by atoms with Gasteiger partial charge in [-0.15, -0.1) is 0 Å². The van der Waals surface area contributed by atoms with Crippen molar-refractivity contribution in [2.45, 2.75) is 70.4 Å². The van der Waals surface area contributed by atoms with Crippen LogP contribution in [0.3, 0.4) is 0 Å². The Bertz CT molecular complexity index is 253. The molecule has 0 amide bonds. The van der Waals surface area contributed by atoms with Crippen LogP contribution < -0.4 is 5.32 Å². The molecule has 2 saturated carbocycles. The number of unbranched alkanes of at least 4 members (excludes halogenated alkanes) is 1. The Hall–Kier alpha value is -0.570. The van der Waals surface area contributed by atoms with Crippen molar-refractivity contribution >= 4 is 5.97 Å². The number of aliphatic carboxylic acids is 1. The maximum Gasteiger partial charge on any atom is 0.320 e. The Labute approximate surface area is 97.6 Å². The average Bonchev–Trinajstić information content (AvgIpc) is 2.11. The predicted molar refractivity (Wildman–Crippen MR) is 63.4 cm³/mol. The Balaban J connectivity index is 1.72. The average molecular weight is 225 g/mol. The van der Waals surface area contributed by atoms with Gasteiger partial charge in [0.2, 0.25) is 0 Å². The molecule has 0 aromatic carbocycles. The molecule has 1 atom stereocenters. The largest absolute Gasteiger partial charge is 0.480 e. The summed E-state index contributed by atoms with van der Waals surface area (Å²) >= 11 is 0.